The van der Waals surface area contributed by atoms with Gasteiger partial charge in [0.25, 0.3) is 0 Å². The van der Waals surface area contributed by atoms with Crippen molar-refractivity contribution in [2.45, 2.75) is 0 Å². The van der Waals surface area contributed by atoms with Gasteiger partial charge >= 0.3 is 67.4 Å². The van der Waals surface area contributed by atoms with Crippen LogP contribution in [0, 0.1) is 0 Å². The van der Waals surface area contributed by atoms with Crippen LogP contribution in [-0.2, 0) is 67.4 Å². The number of hydrogen-bond donors (Lipinski definition) is 0. The molecule has 0 heterocycles. The van der Waals surface area contributed by atoms with Crippen molar-refractivity contribution in [1.29, 1.82) is 0 Å². The minimum atomic E-state index is 0. The van der Waals surface area contributed by atoms with E-state index in [2.05, 4.69) is 0 Å². The average Bonchev–Trinajstić information content (AvgIpc) is 0. The molecular formula is CoFeMnNi+8. The van der Waals surface area contributed by atoms with Crippen LogP contribution in [0.5, 0.6) is 0 Å². The summed E-state index contributed by atoms with van der Waals surface area (Å²) in [5, 5.41) is 0. The molecule has 26 valence electrons. The third kappa shape index (κ3) is 8.97. The number of hydrogen-bond acceptors (Lipinski definition) is 0. The van der Waals surface area contributed by atoms with Gasteiger partial charge in [0.2, 0.25) is 0 Å². The van der Waals surface area contributed by atoms with Gasteiger partial charge in [-0.1, -0.05) is 0 Å². The third-order valence-corrected chi connectivity index (χ3v) is 0. The van der Waals surface area contributed by atoms with Crippen LogP contribution in [0.25, 0.3) is 0 Å². The normalized spacial score (nSPS) is 0. The summed E-state index contributed by atoms with van der Waals surface area (Å²) in [4.78, 5) is 0. The molecule has 4 heteroatoms. The fourth-order valence-corrected chi connectivity index (χ4v) is 0. The van der Waals surface area contributed by atoms with Crippen molar-refractivity contribution in [2.75, 3.05) is 0 Å². The van der Waals surface area contributed by atoms with Crippen molar-refractivity contribution >= 4 is 0 Å². The van der Waals surface area contributed by atoms with Crippen molar-refractivity contribution in [3.8, 4) is 0 Å². The van der Waals surface area contributed by atoms with Crippen LogP contribution in [-0.4, -0.2) is 0 Å². The first-order valence-corrected chi connectivity index (χ1v) is 0. The van der Waals surface area contributed by atoms with Gasteiger partial charge < -0.3 is 0 Å². The SMILES string of the molecule is [Co+2].[Fe+2].[Mn+2].[Ni+2]. The van der Waals surface area contributed by atoms with Crippen LogP contribution in [0.4, 0.5) is 0 Å². The van der Waals surface area contributed by atoms with E-state index in [0.717, 1.165) is 0 Å². The van der Waals surface area contributed by atoms with Crippen molar-refractivity contribution < 1.29 is 67.4 Å². The molecule has 0 atom stereocenters. The predicted molar refractivity (Wildman–Crippen MR) is 0 cm³/mol. The molecule has 2 radical (unpaired) electrons. The second-order valence-electron chi connectivity index (χ2n) is 0. The smallest absolute Gasteiger partial charge is 2.00 e. The van der Waals surface area contributed by atoms with Gasteiger partial charge in [-0.25, -0.2) is 0 Å². The Balaban J connectivity index is 0. The van der Waals surface area contributed by atoms with Crippen LogP contribution < -0.4 is 0 Å². The van der Waals surface area contributed by atoms with Gasteiger partial charge in [0, 0.05) is 0 Å². The molecule has 4 heavy (non-hydrogen) atoms. The first-order chi connectivity index (χ1) is 0. The molecule has 0 nitrogen and oxygen atoms in total. The molecule has 0 N–H and O–H groups in total. The van der Waals surface area contributed by atoms with Gasteiger partial charge in [-0.05, 0) is 0 Å². The molecule has 0 saturated carbocycles. The third-order valence-electron chi connectivity index (χ3n) is 0. The molecule has 0 aliphatic rings. The molecule has 0 amide bonds. The Morgan fingerprint density at radius 3 is 1.00 bits per heavy atom. The summed E-state index contributed by atoms with van der Waals surface area (Å²) in [5.41, 5.74) is 0. The topological polar surface area (TPSA) is 0 Å². The maximum absolute atomic E-state index is 0. The molecule has 0 rings (SSSR count). The van der Waals surface area contributed by atoms with Crippen LogP contribution in [0.3, 0.4) is 0 Å². The van der Waals surface area contributed by atoms with E-state index in [1.807, 2.05) is 0 Å². The quantitative estimate of drug-likeness (QED) is 0.512. The first-order valence-electron chi connectivity index (χ1n) is 0. The van der Waals surface area contributed by atoms with E-state index in [0.29, 0.717) is 0 Å². The van der Waals surface area contributed by atoms with E-state index >= 15 is 0 Å². The van der Waals surface area contributed by atoms with Gasteiger partial charge in [-0.15, -0.1) is 0 Å². The molecule has 0 fully saturated rings. The molecule has 0 aromatic heterocycles. The minimum absolute atomic E-state index is 0. The monoisotopic (exact) mass is 228 g/mol. The summed E-state index contributed by atoms with van der Waals surface area (Å²) in [6.07, 6.45) is 0. The zero-order chi connectivity index (χ0) is 0. The summed E-state index contributed by atoms with van der Waals surface area (Å²) < 4.78 is 0. The first kappa shape index (κ1) is 36.9. The second kappa shape index (κ2) is 19.8. The van der Waals surface area contributed by atoms with E-state index in [1.165, 1.54) is 0 Å². The molecule has 0 aromatic carbocycles. The van der Waals surface area contributed by atoms with E-state index in [4.69, 9.17) is 0 Å². The molecular weight excluding hydrogens is 228 g/mol. The van der Waals surface area contributed by atoms with E-state index in [9.17, 15) is 0 Å². The van der Waals surface area contributed by atoms with Gasteiger partial charge in [0.15, 0.2) is 0 Å². The minimum Gasteiger partial charge on any atom is 2.00 e. The van der Waals surface area contributed by atoms with Crippen LogP contribution in [0.1, 0.15) is 0 Å². The second-order valence-corrected chi connectivity index (χ2v) is 0. The van der Waals surface area contributed by atoms with Crippen molar-refractivity contribution in [1.82, 2.24) is 0 Å². The van der Waals surface area contributed by atoms with Gasteiger partial charge in [0.05, 0.1) is 0 Å². The number of rotatable bonds is 0. The van der Waals surface area contributed by atoms with E-state index in [1.54, 1.807) is 0 Å². The molecule has 0 saturated heterocycles. The summed E-state index contributed by atoms with van der Waals surface area (Å²) in [6, 6.07) is 0. The predicted octanol–water partition coefficient (Wildman–Crippen LogP) is -0.0100. The Labute approximate surface area is 66.9 Å². The zero-order valence-corrected chi connectivity index (χ0v) is 5.69. The summed E-state index contributed by atoms with van der Waals surface area (Å²) >= 11 is 0. The molecule has 0 aromatic rings. The Morgan fingerprint density at radius 1 is 1.00 bits per heavy atom. The Morgan fingerprint density at radius 2 is 1.00 bits per heavy atom. The summed E-state index contributed by atoms with van der Waals surface area (Å²) in [6.45, 7) is 0. The van der Waals surface area contributed by atoms with Gasteiger partial charge in [0.1, 0.15) is 0 Å². The van der Waals surface area contributed by atoms with E-state index in [-0.39, 0.29) is 67.4 Å². The van der Waals surface area contributed by atoms with Crippen molar-refractivity contribution in [3.63, 3.8) is 0 Å². The van der Waals surface area contributed by atoms with Crippen LogP contribution in [0.15, 0.2) is 0 Å². The summed E-state index contributed by atoms with van der Waals surface area (Å²) in [5.74, 6) is 0. The van der Waals surface area contributed by atoms with Crippen LogP contribution in [0.2, 0.25) is 0 Å². The molecule has 0 bridgehead atoms. The fraction of sp³-hybridized carbons (Fsp3) is 0. The Kier molecular flexibility index (Phi) is 182. The molecule has 0 unspecified atom stereocenters. The zero-order valence-electron chi connectivity index (χ0n) is 1.38. The molecule has 0 spiro atoms. The Hall–Kier alpha value is 2.04. The van der Waals surface area contributed by atoms with Crippen LogP contribution >= 0.6 is 0 Å². The van der Waals surface area contributed by atoms with E-state index < -0.39 is 0 Å². The fourth-order valence-electron chi connectivity index (χ4n) is 0. The molecule has 0 aliphatic carbocycles. The van der Waals surface area contributed by atoms with Gasteiger partial charge in [-0.3, -0.25) is 0 Å². The largest absolute Gasteiger partial charge is 2.00 e. The Bertz CT molecular complexity index is 8.00. The summed E-state index contributed by atoms with van der Waals surface area (Å²) in [7, 11) is 0. The maximum atomic E-state index is 0. The van der Waals surface area contributed by atoms with Crippen molar-refractivity contribution in [3.05, 3.63) is 0 Å². The average molecular weight is 228 g/mol. The standard InChI is InChI=1S/Co.Fe.Mn.Ni/q4*+2. The van der Waals surface area contributed by atoms with Gasteiger partial charge in [-0.2, -0.15) is 0 Å². The maximum Gasteiger partial charge on any atom is 2.00 e. The van der Waals surface area contributed by atoms with Crippen molar-refractivity contribution in [2.24, 2.45) is 0 Å². The molecule has 0 aliphatic heterocycles.